The summed E-state index contributed by atoms with van der Waals surface area (Å²) in [6.45, 7) is -2.96. The highest BCUT2D eigenvalue weighted by atomic mass is 19.3. The number of anilines is 1. The second-order valence-corrected chi connectivity index (χ2v) is 4.77. The van der Waals surface area contributed by atoms with Gasteiger partial charge < -0.3 is 24.3 Å². The highest BCUT2D eigenvalue weighted by molar-refractivity contribution is 6.04. The Balaban J connectivity index is 2.26. The Morgan fingerprint density at radius 1 is 1.00 bits per heavy atom. The third-order valence-corrected chi connectivity index (χ3v) is 3.24. The fourth-order valence-corrected chi connectivity index (χ4v) is 2.17. The molecule has 1 amide bonds. The molecule has 1 N–H and O–H groups in total. The van der Waals surface area contributed by atoms with Crippen molar-refractivity contribution in [3.8, 4) is 23.0 Å². The van der Waals surface area contributed by atoms with Gasteiger partial charge in [0.2, 0.25) is 5.75 Å². The molecule has 8 heteroatoms. The van der Waals surface area contributed by atoms with Crippen LogP contribution >= 0.6 is 0 Å². The van der Waals surface area contributed by atoms with Crippen molar-refractivity contribution in [1.82, 2.24) is 0 Å². The third-order valence-electron chi connectivity index (χ3n) is 3.24. The third kappa shape index (κ3) is 4.50. The van der Waals surface area contributed by atoms with E-state index in [-0.39, 0.29) is 11.3 Å². The van der Waals surface area contributed by atoms with Crippen LogP contribution in [0.4, 0.5) is 14.5 Å². The van der Waals surface area contributed by atoms with Gasteiger partial charge in [0.05, 0.1) is 21.3 Å². The second-order valence-electron chi connectivity index (χ2n) is 4.77. The number of hydrogen-bond donors (Lipinski definition) is 1. The molecular weight excluding hydrogens is 336 g/mol. The van der Waals surface area contributed by atoms with E-state index in [0.717, 1.165) is 0 Å². The quantitative estimate of drug-likeness (QED) is 0.824. The molecule has 0 spiro atoms. The maximum Gasteiger partial charge on any atom is 0.387 e. The fourth-order valence-electron chi connectivity index (χ4n) is 2.17. The minimum Gasteiger partial charge on any atom is -0.493 e. The predicted octanol–water partition coefficient (Wildman–Crippen LogP) is 3.57. The molecule has 2 aromatic rings. The second kappa shape index (κ2) is 8.18. The minimum atomic E-state index is -2.96. The zero-order valence-electron chi connectivity index (χ0n) is 13.8. The molecule has 0 aromatic heterocycles. The summed E-state index contributed by atoms with van der Waals surface area (Å²) in [5.41, 5.74) is 0.548. The van der Waals surface area contributed by atoms with Crippen LogP contribution < -0.4 is 24.3 Å². The van der Waals surface area contributed by atoms with Crippen molar-refractivity contribution in [2.45, 2.75) is 6.61 Å². The summed E-state index contributed by atoms with van der Waals surface area (Å²) in [6, 6.07) is 8.59. The van der Waals surface area contributed by atoms with Crippen LogP contribution in [0.15, 0.2) is 36.4 Å². The number of methoxy groups -OCH3 is 3. The van der Waals surface area contributed by atoms with Crippen LogP contribution in [-0.4, -0.2) is 33.8 Å². The van der Waals surface area contributed by atoms with E-state index in [1.807, 2.05) is 0 Å². The van der Waals surface area contributed by atoms with Crippen molar-refractivity contribution in [3.05, 3.63) is 42.0 Å². The molecular formula is C17H17F2NO5. The molecule has 0 radical (unpaired) electrons. The highest BCUT2D eigenvalue weighted by Gasteiger charge is 2.15. The van der Waals surface area contributed by atoms with Crippen LogP contribution in [-0.2, 0) is 0 Å². The average Bonchev–Trinajstić information content (AvgIpc) is 2.60. The van der Waals surface area contributed by atoms with E-state index < -0.39 is 12.5 Å². The fraction of sp³-hybridized carbons (Fsp3) is 0.235. The molecule has 0 saturated carbocycles. The lowest BCUT2D eigenvalue weighted by molar-refractivity contribution is -0.0498. The van der Waals surface area contributed by atoms with E-state index in [0.29, 0.717) is 22.9 Å². The zero-order chi connectivity index (χ0) is 18.4. The molecule has 0 bridgehead atoms. The summed E-state index contributed by atoms with van der Waals surface area (Å²) in [5.74, 6) is 0.510. The van der Waals surface area contributed by atoms with Crippen molar-refractivity contribution in [3.63, 3.8) is 0 Å². The summed E-state index contributed by atoms with van der Waals surface area (Å²) in [7, 11) is 4.37. The molecule has 134 valence electrons. The summed E-state index contributed by atoms with van der Waals surface area (Å²) in [4.78, 5) is 12.3. The van der Waals surface area contributed by atoms with Gasteiger partial charge in [0.1, 0.15) is 5.75 Å². The lowest BCUT2D eigenvalue weighted by Crippen LogP contribution is -2.13. The van der Waals surface area contributed by atoms with Gasteiger partial charge in [-0.05, 0) is 18.2 Å². The first kappa shape index (κ1) is 18.3. The van der Waals surface area contributed by atoms with E-state index >= 15 is 0 Å². The van der Waals surface area contributed by atoms with Gasteiger partial charge in [-0.2, -0.15) is 8.78 Å². The molecule has 25 heavy (non-hydrogen) atoms. The Morgan fingerprint density at radius 2 is 1.64 bits per heavy atom. The Morgan fingerprint density at radius 3 is 2.16 bits per heavy atom. The van der Waals surface area contributed by atoms with Crippen LogP contribution in [0.1, 0.15) is 10.4 Å². The number of nitrogens with one attached hydrogen (secondary N) is 1. The smallest absolute Gasteiger partial charge is 0.387 e. The largest absolute Gasteiger partial charge is 0.493 e. The summed E-state index contributed by atoms with van der Waals surface area (Å²) in [6.07, 6.45) is 0. The van der Waals surface area contributed by atoms with Gasteiger partial charge in [0, 0.05) is 23.4 Å². The van der Waals surface area contributed by atoms with Crippen LogP contribution in [0.2, 0.25) is 0 Å². The summed E-state index contributed by atoms with van der Waals surface area (Å²) >= 11 is 0. The number of alkyl halides is 2. The highest BCUT2D eigenvalue weighted by Crippen LogP contribution is 2.40. The van der Waals surface area contributed by atoms with E-state index in [4.69, 9.17) is 14.2 Å². The molecule has 0 heterocycles. The molecule has 0 aliphatic carbocycles. The van der Waals surface area contributed by atoms with Gasteiger partial charge in [0.15, 0.2) is 11.5 Å². The van der Waals surface area contributed by atoms with E-state index in [1.165, 1.54) is 45.6 Å². The molecule has 0 aliphatic rings. The van der Waals surface area contributed by atoms with Crippen LogP contribution in [0.3, 0.4) is 0 Å². The molecule has 2 rings (SSSR count). The zero-order valence-corrected chi connectivity index (χ0v) is 13.8. The lowest BCUT2D eigenvalue weighted by atomic mass is 10.2. The van der Waals surface area contributed by atoms with Gasteiger partial charge >= 0.3 is 6.61 Å². The number of ether oxygens (including phenoxy) is 4. The normalized spacial score (nSPS) is 10.3. The van der Waals surface area contributed by atoms with Crippen LogP contribution in [0.25, 0.3) is 0 Å². The molecule has 0 aliphatic heterocycles. The summed E-state index contributed by atoms with van der Waals surface area (Å²) < 4.78 is 44.5. The molecule has 0 fully saturated rings. The number of rotatable bonds is 7. The van der Waals surface area contributed by atoms with E-state index in [9.17, 15) is 13.6 Å². The van der Waals surface area contributed by atoms with Crippen LogP contribution in [0, 0.1) is 0 Å². The van der Waals surface area contributed by atoms with Gasteiger partial charge in [-0.25, -0.2) is 0 Å². The SMILES string of the molecule is COc1cc(NC(=O)c2cccc(OC(F)F)c2)cc(OC)c1OC. The van der Waals surface area contributed by atoms with Gasteiger partial charge in [-0.1, -0.05) is 6.07 Å². The maximum atomic E-state index is 12.3. The number of hydrogen-bond acceptors (Lipinski definition) is 5. The predicted molar refractivity (Wildman–Crippen MR) is 87.1 cm³/mol. The number of carbonyl (C=O) groups is 1. The Bertz CT molecular complexity index is 727. The van der Waals surface area contributed by atoms with Gasteiger partial charge in [-0.3, -0.25) is 4.79 Å². The molecule has 0 unspecified atom stereocenters. The van der Waals surface area contributed by atoms with Crippen molar-refractivity contribution in [2.75, 3.05) is 26.6 Å². The Labute approximate surface area is 143 Å². The van der Waals surface area contributed by atoms with Crippen molar-refractivity contribution < 1.29 is 32.5 Å². The monoisotopic (exact) mass is 353 g/mol. The summed E-state index contributed by atoms with van der Waals surface area (Å²) in [5, 5.41) is 2.64. The van der Waals surface area contributed by atoms with Gasteiger partial charge in [-0.15, -0.1) is 0 Å². The first-order valence-corrected chi connectivity index (χ1v) is 7.14. The Hall–Kier alpha value is -3.03. The molecule has 6 nitrogen and oxygen atoms in total. The van der Waals surface area contributed by atoms with E-state index in [2.05, 4.69) is 10.1 Å². The van der Waals surface area contributed by atoms with Crippen molar-refractivity contribution in [2.24, 2.45) is 0 Å². The van der Waals surface area contributed by atoms with Crippen molar-refractivity contribution >= 4 is 11.6 Å². The number of carbonyl (C=O) groups excluding carboxylic acids is 1. The van der Waals surface area contributed by atoms with Gasteiger partial charge in [0.25, 0.3) is 5.91 Å². The average molecular weight is 353 g/mol. The lowest BCUT2D eigenvalue weighted by Gasteiger charge is -2.14. The van der Waals surface area contributed by atoms with Crippen LogP contribution in [0.5, 0.6) is 23.0 Å². The first-order chi connectivity index (χ1) is 12.0. The molecule has 0 atom stereocenters. The number of benzene rings is 2. The molecule has 2 aromatic carbocycles. The molecule has 0 saturated heterocycles. The maximum absolute atomic E-state index is 12.3. The topological polar surface area (TPSA) is 66.0 Å². The number of halogens is 2. The standard InChI is InChI=1S/C17H17F2NO5/c1-22-13-8-11(9-14(23-2)15(13)24-3)20-16(21)10-5-4-6-12(7-10)25-17(18)19/h4-9,17H,1-3H3,(H,20,21). The number of amides is 1. The minimum absolute atomic E-state index is 0.104. The Kier molecular flexibility index (Phi) is 5.99. The first-order valence-electron chi connectivity index (χ1n) is 7.14. The van der Waals surface area contributed by atoms with E-state index in [1.54, 1.807) is 12.1 Å². The van der Waals surface area contributed by atoms with Crippen molar-refractivity contribution in [1.29, 1.82) is 0 Å².